The summed E-state index contributed by atoms with van der Waals surface area (Å²) in [7, 11) is 0. The summed E-state index contributed by atoms with van der Waals surface area (Å²) in [4.78, 5) is 0. The van der Waals surface area contributed by atoms with Crippen LogP contribution >= 0.6 is 0 Å². The Balaban J connectivity index is 2.04. The number of rotatable bonds is 8. The molecular formula is C12H21N3O. The van der Waals surface area contributed by atoms with Gasteiger partial charge in [0.1, 0.15) is 0 Å². The fourth-order valence-electron chi connectivity index (χ4n) is 1.26. The molecule has 0 spiro atoms. The van der Waals surface area contributed by atoms with Crippen LogP contribution in [0.15, 0.2) is 19.0 Å². The van der Waals surface area contributed by atoms with E-state index in [1.807, 2.05) is 12.4 Å². The fourth-order valence-corrected chi connectivity index (χ4v) is 1.26. The molecule has 1 N–H and O–H groups in total. The molecule has 1 aromatic rings. The molecule has 0 aliphatic rings. The van der Waals surface area contributed by atoms with Gasteiger partial charge < -0.3 is 10.1 Å². The minimum absolute atomic E-state index is 0.603. The smallest absolute Gasteiger partial charge is 0.0591 e. The third-order valence-corrected chi connectivity index (χ3v) is 2.05. The van der Waals surface area contributed by atoms with Crippen molar-refractivity contribution in [3.05, 3.63) is 24.5 Å². The molecule has 4 heteroatoms. The van der Waals surface area contributed by atoms with Crippen LogP contribution in [0.1, 0.15) is 19.4 Å². The van der Waals surface area contributed by atoms with Crippen molar-refractivity contribution in [2.24, 2.45) is 5.92 Å². The van der Waals surface area contributed by atoms with Crippen LogP contribution in [-0.4, -0.2) is 29.5 Å². The third-order valence-electron chi connectivity index (χ3n) is 2.05. The van der Waals surface area contributed by atoms with E-state index < -0.39 is 0 Å². The zero-order valence-electron chi connectivity index (χ0n) is 10.1. The van der Waals surface area contributed by atoms with Crippen LogP contribution in [-0.2, 0) is 11.3 Å². The van der Waals surface area contributed by atoms with Crippen LogP contribution in [0.5, 0.6) is 0 Å². The molecule has 0 atom stereocenters. The predicted octanol–water partition coefficient (Wildman–Crippen LogP) is 1.75. The highest BCUT2D eigenvalue weighted by Crippen LogP contribution is 1.96. The Bertz CT molecular complexity index is 307. The van der Waals surface area contributed by atoms with Crippen LogP contribution < -0.4 is 5.32 Å². The molecule has 1 rings (SSSR count). The van der Waals surface area contributed by atoms with Gasteiger partial charge in [0.2, 0.25) is 0 Å². The standard InChI is InChI=1S/C12H21N3O/c1-4-15-9-12(8-14-15)7-13-5-6-16-10-11(2)3/h4,8-9,11,13H,1,5-7,10H2,2-3H3. The molecule has 0 unspecified atom stereocenters. The zero-order valence-corrected chi connectivity index (χ0v) is 10.1. The van der Waals surface area contributed by atoms with Crippen molar-refractivity contribution in [3.63, 3.8) is 0 Å². The summed E-state index contributed by atoms with van der Waals surface area (Å²) in [5.74, 6) is 0.603. The van der Waals surface area contributed by atoms with Crippen molar-refractivity contribution in [3.8, 4) is 0 Å². The Morgan fingerprint density at radius 3 is 3.06 bits per heavy atom. The molecule has 0 aromatic carbocycles. The molecular weight excluding hydrogens is 202 g/mol. The Labute approximate surface area is 97.3 Å². The third kappa shape index (κ3) is 5.09. The first kappa shape index (κ1) is 12.9. The number of ether oxygens (including phenoxy) is 1. The number of nitrogens with one attached hydrogen (secondary N) is 1. The molecule has 16 heavy (non-hydrogen) atoms. The van der Waals surface area contributed by atoms with E-state index in [1.54, 1.807) is 10.9 Å². The summed E-state index contributed by atoms with van der Waals surface area (Å²) in [6, 6.07) is 0. The van der Waals surface area contributed by atoms with Gasteiger partial charge in [0.25, 0.3) is 0 Å². The molecule has 90 valence electrons. The van der Waals surface area contributed by atoms with Gasteiger partial charge in [-0.15, -0.1) is 0 Å². The first-order chi connectivity index (χ1) is 7.72. The maximum atomic E-state index is 5.46. The molecule has 0 saturated heterocycles. The van der Waals surface area contributed by atoms with Crippen LogP contribution in [0.3, 0.4) is 0 Å². The van der Waals surface area contributed by atoms with Crippen LogP contribution in [0.2, 0.25) is 0 Å². The maximum Gasteiger partial charge on any atom is 0.0591 e. The van der Waals surface area contributed by atoms with Gasteiger partial charge in [-0.1, -0.05) is 20.4 Å². The minimum atomic E-state index is 0.603. The van der Waals surface area contributed by atoms with Crippen molar-refractivity contribution >= 4 is 6.20 Å². The van der Waals surface area contributed by atoms with Crippen molar-refractivity contribution in [2.75, 3.05) is 19.8 Å². The van der Waals surface area contributed by atoms with Gasteiger partial charge in [0, 0.05) is 37.7 Å². The second-order valence-electron chi connectivity index (χ2n) is 4.16. The van der Waals surface area contributed by atoms with Gasteiger partial charge >= 0.3 is 0 Å². The Kier molecular flexibility index (Phi) is 5.82. The lowest BCUT2D eigenvalue weighted by molar-refractivity contribution is 0.111. The SMILES string of the molecule is C=Cn1cc(CNCCOCC(C)C)cn1. The van der Waals surface area contributed by atoms with E-state index in [9.17, 15) is 0 Å². The Morgan fingerprint density at radius 2 is 2.44 bits per heavy atom. The molecule has 0 fully saturated rings. The lowest BCUT2D eigenvalue weighted by Gasteiger charge is -2.07. The normalized spacial score (nSPS) is 10.9. The van der Waals surface area contributed by atoms with E-state index in [2.05, 4.69) is 30.8 Å². The average molecular weight is 223 g/mol. The molecule has 1 heterocycles. The van der Waals surface area contributed by atoms with Crippen molar-refractivity contribution < 1.29 is 4.74 Å². The lowest BCUT2D eigenvalue weighted by atomic mass is 10.2. The highest BCUT2D eigenvalue weighted by Gasteiger charge is 1.96. The number of aromatic nitrogens is 2. The quantitative estimate of drug-likeness (QED) is 0.682. The summed E-state index contributed by atoms with van der Waals surface area (Å²) in [5.41, 5.74) is 1.16. The molecule has 1 aromatic heterocycles. The van der Waals surface area contributed by atoms with E-state index in [-0.39, 0.29) is 0 Å². The number of hydrogen-bond acceptors (Lipinski definition) is 3. The second kappa shape index (κ2) is 7.19. The summed E-state index contributed by atoms with van der Waals surface area (Å²) in [6.45, 7) is 11.2. The van der Waals surface area contributed by atoms with Gasteiger partial charge in [-0.2, -0.15) is 5.10 Å². The summed E-state index contributed by atoms with van der Waals surface area (Å²) in [6.07, 6.45) is 5.47. The van der Waals surface area contributed by atoms with E-state index in [0.717, 1.165) is 31.9 Å². The number of nitrogens with zero attached hydrogens (tertiary/aromatic N) is 2. The van der Waals surface area contributed by atoms with Crippen molar-refractivity contribution in [2.45, 2.75) is 20.4 Å². The first-order valence-corrected chi connectivity index (χ1v) is 5.66. The van der Waals surface area contributed by atoms with Gasteiger partial charge in [0.15, 0.2) is 0 Å². The van der Waals surface area contributed by atoms with Gasteiger partial charge in [-0.05, 0) is 5.92 Å². The molecule has 0 amide bonds. The van der Waals surface area contributed by atoms with Crippen LogP contribution in [0, 0.1) is 5.92 Å². The second-order valence-corrected chi connectivity index (χ2v) is 4.16. The van der Waals surface area contributed by atoms with Crippen molar-refractivity contribution in [1.29, 1.82) is 0 Å². The van der Waals surface area contributed by atoms with E-state index in [0.29, 0.717) is 5.92 Å². The average Bonchev–Trinajstić information content (AvgIpc) is 2.70. The Hall–Kier alpha value is -1.13. The van der Waals surface area contributed by atoms with E-state index >= 15 is 0 Å². The highest BCUT2D eigenvalue weighted by atomic mass is 16.5. The summed E-state index contributed by atoms with van der Waals surface area (Å²) < 4.78 is 7.16. The van der Waals surface area contributed by atoms with E-state index in [4.69, 9.17) is 4.74 Å². The van der Waals surface area contributed by atoms with E-state index in [1.165, 1.54) is 0 Å². The van der Waals surface area contributed by atoms with Gasteiger partial charge in [-0.25, -0.2) is 4.68 Å². The number of hydrogen-bond donors (Lipinski definition) is 1. The van der Waals surface area contributed by atoms with Gasteiger partial charge in [-0.3, -0.25) is 0 Å². The molecule has 0 saturated carbocycles. The fraction of sp³-hybridized carbons (Fsp3) is 0.583. The lowest BCUT2D eigenvalue weighted by Crippen LogP contribution is -2.20. The molecule has 0 aliphatic carbocycles. The molecule has 0 radical (unpaired) electrons. The zero-order chi connectivity index (χ0) is 11.8. The minimum Gasteiger partial charge on any atom is -0.380 e. The highest BCUT2D eigenvalue weighted by molar-refractivity contribution is 5.17. The molecule has 4 nitrogen and oxygen atoms in total. The molecule has 0 aliphatic heterocycles. The van der Waals surface area contributed by atoms with Crippen LogP contribution in [0.4, 0.5) is 0 Å². The topological polar surface area (TPSA) is 39.1 Å². The molecule has 0 bridgehead atoms. The van der Waals surface area contributed by atoms with Gasteiger partial charge in [0.05, 0.1) is 12.8 Å². The monoisotopic (exact) mass is 223 g/mol. The largest absolute Gasteiger partial charge is 0.380 e. The van der Waals surface area contributed by atoms with Crippen molar-refractivity contribution in [1.82, 2.24) is 15.1 Å². The summed E-state index contributed by atoms with van der Waals surface area (Å²) in [5, 5.41) is 7.40. The van der Waals surface area contributed by atoms with Crippen LogP contribution in [0.25, 0.3) is 6.20 Å². The first-order valence-electron chi connectivity index (χ1n) is 5.66. The maximum absolute atomic E-state index is 5.46. The Morgan fingerprint density at radius 1 is 1.62 bits per heavy atom. The summed E-state index contributed by atoms with van der Waals surface area (Å²) >= 11 is 0. The predicted molar refractivity (Wildman–Crippen MR) is 66.0 cm³/mol.